The molecule has 0 aromatic carbocycles. The van der Waals surface area contributed by atoms with E-state index in [1.165, 1.54) is 0 Å². The van der Waals surface area contributed by atoms with Crippen LogP contribution in [0.25, 0.3) is 0 Å². The van der Waals surface area contributed by atoms with E-state index in [0.717, 1.165) is 11.8 Å². The minimum absolute atomic E-state index is 0.0329. The van der Waals surface area contributed by atoms with Crippen molar-refractivity contribution in [1.82, 2.24) is 15.0 Å². The number of pyridine rings is 1. The second-order valence-electron chi connectivity index (χ2n) is 3.67. The van der Waals surface area contributed by atoms with Crippen LogP contribution in [0.1, 0.15) is 5.56 Å². The van der Waals surface area contributed by atoms with Gasteiger partial charge in [-0.1, -0.05) is 6.07 Å². The lowest BCUT2D eigenvalue weighted by atomic mass is 10.2. The largest absolute Gasteiger partial charge is 0.364 e. The molecule has 98 valence electrons. The molecule has 0 aliphatic rings. The summed E-state index contributed by atoms with van der Waals surface area (Å²) in [5.74, 6) is 0.119. The highest BCUT2D eigenvalue weighted by Crippen LogP contribution is 2.21. The number of hydrogen-bond donors (Lipinski definition) is 1. The first-order valence-corrected chi connectivity index (χ1v) is 5.84. The molecule has 0 spiro atoms. The molecular formula is C11H10ClN5O2. The number of hydrogen-bond acceptors (Lipinski definition) is 6. The topological polar surface area (TPSA) is 93.8 Å². The van der Waals surface area contributed by atoms with Crippen LogP contribution in [-0.2, 0) is 6.42 Å². The summed E-state index contributed by atoms with van der Waals surface area (Å²) in [5.41, 5.74) is 0.827. The Labute approximate surface area is 113 Å². The molecule has 0 amide bonds. The van der Waals surface area contributed by atoms with Gasteiger partial charge in [0.1, 0.15) is 6.20 Å². The zero-order chi connectivity index (χ0) is 13.7. The Balaban J connectivity index is 2.03. The molecular weight excluding hydrogens is 270 g/mol. The van der Waals surface area contributed by atoms with Crippen molar-refractivity contribution in [3.05, 3.63) is 51.7 Å². The minimum Gasteiger partial charge on any atom is -0.364 e. The lowest BCUT2D eigenvalue weighted by molar-refractivity contribution is -0.384. The molecule has 7 nitrogen and oxygen atoms in total. The van der Waals surface area contributed by atoms with Crippen LogP contribution in [0.5, 0.6) is 0 Å². The number of nitrogens with zero attached hydrogens (tertiary/aromatic N) is 4. The summed E-state index contributed by atoms with van der Waals surface area (Å²) in [6, 6.07) is 3.76. The third-order valence-electron chi connectivity index (χ3n) is 2.37. The highest BCUT2D eigenvalue weighted by molar-refractivity contribution is 6.28. The van der Waals surface area contributed by atoms with Gasteiger partial charge >= 0.3 is 5.69 Å². The van der Waals surface area contributed by atoms with Gasteiger partial charge < -0.3 is 5.32 Å². The van der Waals surface area contributed by atoms with Crippen LogP contribution in [0.3, 0.4) is 0 Å². The number of nitro groups is 1. The SMILES string of the molecule is O=[N+]([O-])c1cnc(Cl)nc1NCCc1cccnc1. The maximum atomic E-state index is 10.8. The van der Waals surface area contributed by atoms with Crippen molar-refractivity contribution in [3.63, 3.8) is 0 Å². The molecule has 0 bridgehead atoms. The summed E-state index contributed by atoms with van der Waals surface area (Å²) < 4.78 is 0. The Morgan fingerprint density at radius 2 is 2.26 bits per heavy atom. The molecule has 19 heavy (non-hydrogen) atoms. The highest BCUT2D eigenvalue weighted by atomic mass is 35.5. The Morgan fingerprint density at radius 1 is 1.42 bits per heavy atom. The number of rotatable bonds is 5. The monoisotopic (exact) mass is 279 g/mol. The fraction of sp³-hybridized carbons (Fsp3) is 0.182. The smallest absolute Gasteiger partial charge is 0.329 e. The van der Waals surface area contributed by atoms with Gasteiger partial charge in [-0.3, -0.25) is 15.1 Å². The first-order chi connectivity index (χ1) is 9.16. The van der Waals surface area contributed by atoms with Crippen molar-refractivity contribution >= 4 is 23.1 Å². The third-order valence-corrected chi connectivity index (χ3v) is 2.55. The predicted molar refractivity (Wildman–Crippen MR) is 70.1 cm³/mol. The Bertz CT molecular complexity index is 579. The summed E-state index contributed by atoms with van der Waals surface area (Å²) in [7, 11) is 0. The van der Waals surface area contributed by atoms with Crippen molar-refractivity contribution in [3.8, 4) is 0 Å². The standard InChI is InChI=1S/C11H10ClN5O2/c12-11-15-7-9(17(18)19)10(16-11)14-5-3-8-2-1-4-13-6-8/h1-2,4,6-7H,3,5H2,(H,14,15,16). The van der Waals surface area contributed by atoms with Crippen molar-refractivity contribution in [2.75, 3.05) is 11.9 Å². The molecule has 0 fully saturated rings. The van der Waals surface area contributed by atoms with E-state index >= 15 is 0 Å². The summed E-state index contributed by atoms with van der Waals surface area (Å²) >= 11 is 5.62. The average Bonchev–Trinajstić information content (AvgIpc) is 2.39. The minimum atomic E-state index is -0.553. The van der Waals surface area contributed by atoms with Crippen molar-refractivity contribution in [2.24, 2.45) is 0 Å². The Kier molecular flexibility index (Phi) is 4.19. The molecule has 0 unspecified atom stereocenters. The van der Waals surface area contributed by atoms with Gasteiger partial charge in [0.15, 0.2) is 0 Å². The summed E-state index contributed by atoms with van der Waals surface area (Å²) in [6.07, 6.45) is 5.18. The second kappa shape index (κ2) is 6.05. The van der Waals surface area contributed by atoms with E-state index in [-0.39, 0.29) is 16.8 Å². The molecule has 2 heterocycles. The van der Waals surface area contributed by atoms with E-state index in [2.05, 4.69) is 20.3 Å². The lowest BCUT2D eigenvalue weighted by Crippen LogP contribution is -2.09. The summed E-state index contributed by atoms with van der Waals surface area (Å²) in [5, 5.41) is 13.6. The molecule has 0 atom stereocenters. The maximum Gasteiger partial charge on any atom is 0.329 e. The molecule has 0 aliphatic heterocycles. The first kappa shape index (κ1) is 13.2. The van der Waals surface area contributed by atoms with Gasteiger partial charge in [0, 0.05) is 18.9 Å². The quantitative estimate of drug-likeness (QED) is 0.512. The lowest BCUT2D eigenvalue weighted by Gasteiger charge is -2.05. The predicted octanol–water partition coefficient (Wildman–Crippen LogP) is 2.09. The van der Waals surface area contributed by atoms with Crippen molar-refractivity contribution in [1.29, 1.82) is 0 Å². The van der Waals surface area contributed by atoms with Crippen LogP contribution in [0.2, 0.25) is 5.28 Å². The van der Waals surface area contributed by atoms with Crippen LogP contribution in [0.4, 0.5) is 11.5 Å². The maximum absolute atomic E-state index is 10.8. The molecule has 0 saturated carbocycles. The van der Waals surface area contributed by atoms with E-state index in [0.29, 0.717) is 13.0 Å². The van der Waals surface area contributed by atoms with Gasteiger partial charge in [0.25, 0.3) is 0 Å². The van der Waals surface area contributed by atoms with Crippen LogP contribution in [-0.4, -0.2) is 26.4 Å². The number of halogens is 1. The molecule has 0 saturated heterocycles. The molecule has 1 N–H and O–H groups in total. The molecule has 2 aromatic rings. The zero-order valence-corrected chi connectivity index (χ0v) is 10.5. The van der Waals surface area contributed by atoms with Crippen LogP contribution in [0, 0.1) is 10.1 Å². The first-order valence-electron chi connectivity index (χ1n) is 5.46. The van der Waals surface area contributed by atoms with Crippen LogP contribution < -0.4 is 5.32 Å². The van der Waals surface area contributed by atoms with Crippen LogP contribution >= 0.6 is 11.6 Å². The van der Waals surface area contributed by atoms with E-state index in [1.54, 1.807) is 12.4 Å². The van der Waals surface area contributed by atoms with Gasteiger partial charge in [-0.2, -0.15) is 4.98 Å². The Morgan fingerprint density at radius 3 is 2.95 bits per heavy atom. The van der Waals surface area contributed by atoms with Gasteiger partial charge in [-0.05, 0) is 29.7 Å². The van der Waals surface area contributed by atoms with Crippen molar-refractivity contribution in [2.45, 2.75) is 6.42 Å². The highest BCUT2D eigenvalue weighted by Gasteiger charge is 2.16. The van der Waals surface area contributed by atoms with Gasteiger partial charge in [0.2, 0.25) is 11.1 Å². The van der Waals surface area contributed by atoms with Gasteiger partial charge in [-0.15, -0.1) is 0 Å². The van der Waals surface area contributed by atoms with Gasteiger partial charge in [-0.25, -0.2) is 4.98 Å². The van der Waals surface area contributed by atoms with E-state index in [9.17, 15) is 10.1 Å². The number of nitrogens with one attached hydrogen (secondary N) is 1. The van der Waals surface area contributed by atoms with Crippen molar-refractivity contribution < 1.29 is 4.92 Å². The second-order valence-corrected chi connectivity index (χ2v) is 4.01. The van der Waals surface area contributed by atoms with E-state index in [1.807, 2.05) is 12.1 Å². The summed E-state index contributed by atoms with van der Waals surface area (Å²) in [4.78, 5) is 21.6. The normalized spacial score (nSPS) is 10.2. The fourth-order valence-corrected chi connectivity index (χ4v) is 1.62. The number of aromatic nitrogens is 3. The molecule has 0 aliphatic carbocycles. The molecule has 2 rings (SSSR count). The van der Waals surface area contributed by atoms with E-state index in [4.69, 9.17) is 11.6 Å². The van der Waals surface area contributed by atoms with Gasteiger partial charge in [0.05, 0.1) is 4.92 Å². The third kappa shape index (κ3) is 3.59. The molecule has 8 heteroatoms. The number of anilines is 1. The Hall–Kier alpha value is -2.28. The van der Waals surface area contributed by atoms with E-state index < -0.39 is 4.92 Å². The van der Waals surface area contributed by atoms with Crippen LogP contribution in [0.15, 0.2) is 30.7 Å². The molecule has 0 radical (unpaired) electrons. The zero-order valence-electron chi connectivity index (χ0n) is 9.78. The average molecular weight is 280 g/mol. The molecule has 2 aromatic heterocycles. The summed E-state index contributed by atoms with van der Waals surface area (Å²) in [6.45, 7) is 0.486. The fourth-order valence-electron chi connectivity index (χ4n) is 1.49.